The molecular weight excluding hydrogens is 120 g/mol. The van der Waals surface area contributed by atoms with E-state index in [9.17, 15) is 0 Å². The van der Waals surface area contributed by atoms with Gasteiger partial charge in [0.05, 0.1) is 0 Å². The van der Waals surface area contributed by atoms with Crippen molar-refractivity contribution in [3.63, 3.8) is 0 Å². The molecule has 0 aromatic rings. The Balaban J connectivity index is 2.19. The summed E-state index contributed by atoms with van der Waals surface area (Å²) in [4.78, 5) is 0. The van der Waals surface area contributed by atoms with Crippen molar-refractivity contribution in [3.05, 3.63) is 12.7 Å². The molecule has 0 heterocycles. The highest BCUT2D eigenvalue weighted by Gasteiger charge is 2.43. The van der Waals surface area contributed by atoms with Crippen molar-refractivity contribution in [2.45, 2.75) is 33.1 Å². The minimum Gasteiger partial charge on any atom is -0.103 e. The first-order chi connectivity index (χ1) is 4.81. The van der Waals surface area contributed by atoms with E-state index in [1.54, 1.807) is 0 Å². The molecule has 0 spiro atoms. The molecule has 0 N–H and O–H groups in total. The van der Waals surface area contributed by atoms with Crippen molar-refractivity contribution >= 4 is 0 Å². The normalized spacial score (nSPS) is 37.6. The Kier molecular flexibility index (Phi) is 2.53. The fraction of sp³-hybridized carbons (Fsp3) is 0.800. The summed E-state index contributed by atoms with van der Waals surface area (Å²) in [5.74, 6) is 3.00. The van der Waals surface area contributed by atoms with Crippen LogP contribution in [0.3, 0.4) is 0 Å². The van der Waals surface area contributed by atoms with Gasteiger partial charge < -0.3 is 0 Å². The molecule has 0 bridgehead atoms. The molecule has 0 heteroatoms. The third-order valence-corrected chi connectivity index (χ3v) is 2.82. The lowest BCUT2D eigenvalue weighted by Gasteiger charge is -1.91. The molecule has 1 aliphatic rings. The molecule has 1 saturated carbocycles. The number of hydrogen-bond acceptors (Lipinski definition) is 0. The van der Waals surface area contributed by atoms with Crippen LogP contribution in [0.15, 0.2) is 12.7 Å². The SMILES string of the molecule is C=CCC1C(C)C1CCC. The number of rotatable bonds is 4. The van der Waals surface area contributed by atoms with Gasteiger partial charge in [0.15, 0.2) is 0 Å². The zero-order chi connectivity index (χ0) is 7.56. The van der Waals surface area contributed by atoms with Crippen LogP contribution in [-0.4, -0.2) is 0 Å². The monoisotopic (exact) mass is 138 g/mol. The van der Waals surface area contributed by atoms with Gasteiger partial charge in [-0.25, -0.2) is 0 Å². The Hall–Kier alpha value is -0.260. The molecule has 0 aliphatic heterocycles. The van der Waals surface area contributed by atoms with Crippen molar-refractivity contribution in [2.75, 3.05) is 0 Å². The van der Waals surface area contributed by atoms with E-state index in [4.69, 9.17) is 0 Å². The summed E-state index contributed by atoms with van der Waals surface area (Å²) in [6.07, 6.45) is 6.09. The molecule has 58 valence electrons. The smallest absolute Gasteiger partial charge is 0.0319 e. The minimum absolute atomic E-state index is 0.984. The van der Waals surface area contributed by atoms with Gasteiger partial charge in [-0.05, 0) is 24.2 Å². The largest absolute Gasteiger partial charge is 0.103 e. The van der Waals surface area contributed by atoms with E-state index >= 15 is 0 Å². The van der Waals surface area contributed by atoms with Crippen LogP contribution in [0.4, 0.5) is 0 Å². The summed E-state index contributed by atoms with van der Waals surface area (Å²) >= 11 is 0. The molecule has 3 atom stereocenters. The lowest BCUT2D eigenvalue weighted by atomic mass is 10.2. The van der Waals surface area contributed by atoms with Crippen LogP contribution in [0.2, 0.25) is 0 Å². The summed E-state index contributed by atoms with van der Waals surface area (Å²) < 4.78 is 0. The van der Waals surface area contributed by atoms with Gasteiger partial charge in [-0.3, -0.25) is 0 Å². The van der Waals surface area contributed by atoms with Crippen molar-refractivity contribution in [3.8, 4) is 0 Å². The zero-order valence-corrected chi connectivity index (χ0v) is 7.14. The van der Waals surface area contributed by atoms with Crippen LogP contribution >= 0.6 is 0 Å². The van der Waals surface area contributed by atoms with Crippen LogP contribution in [0.25, 0.3) is 0 Å². The van der Waals surface area contributed by atoms with Gasteiger partial charge in [-0.1, -0.05) is 32.8 Å². The molecule has 0 saturated heterocycles. The van der Waals surface area contributed by atoms with E-state index < -0.39 is 0 Å². The summed E-state index contributed by atoms with van der Waals surface area (Å²) in [7, 11) is 0. The molecular formula is C10H18. The molecule has 0 radical (unpaired) electrons. The summed E-state index contributed by atoms with van der Waals surface area (Å²) in [6, 6.07) is 0. The highest BCUT2D eigenvalue weighted by molar-refractivity contribution is 4.96. The van der Waals surface area contributed by atoms with Crippen molar-refractivity contribution in [1.82, 2.24) is 0 Å². The lowest BCUT2D eigenvalue weighted by Crippen LogP contribution is -1.79. The molecule has 1 fully saturated rings. The zero-order valence-electron chi connectivity index (χ0n) is 7.14. The first-order valence-electron chi connectivity index (χ1n) is 4.42. The highest BCUT2D eigenvalue weighted by atomic mass is 14.5. The van der Waals surface area contributed by atoms with E-state index in [1.807, 2.05) is 0 Å². The Bertz CT molecular complexity index is 115. The quantitative estimate of drug-likeness (QED) is 0.523. The van der Waals surface area contributed by atoms with Crippen molar-refractivity contribution < 1.29 is 0 Å². The third-order valence-electron chi connectivity index (χ3n) is 2.82. The Morgan fingerprint density at radius 2 is 2.10 bits per heavy atom. The first kappa shape index (κ1) is 7.84. The predicted octanol–water partition coefficient (Wildman–Crippen LogP) is 3.24. The Morgan fingerprint density at radius 1 is 1.40 bits per heavy atom. The van der Waals surface area contributed by atoms with Gasteiger partial charge in [0, 0.05) is 0 Å². The average Bonchev–Trinajstić information content (AvgIpc) is 2.48. The number of allylic oxidation sites excluding steroid dienone is 1. The maximum absolute atomic E-state index is 3.77. The second-order valence-corrected chi connectivity index (χ2v) is 3.50. The molecule has 10 heavy (non-hydrogen) atoms. The van der Waals surface area contributed by atoms with Gasteiger partial charge in [-0.2, -0.15) is 0 Å². The molecule has 0 aromatic carbocycles. The van der Waals surface area contributed by atoms with Crippen molar-refractivity contribution in [2.24, 2.45) is 17.8 Å². The molecule has 1 rings (SSSR count). The minimum atomic E-state index is 0.984. The molecule has 3 unspecified atom stereocenters. The van der Waals surface area contributed by atoms with Crippen LogP contribution in [0.1, 0.15) is 33.1 Å². The van der Waals surface area contributed by atoms with Gasteiger partial charge in [0.2, 0.25) is 0 Å². The third kappa shape index (κ3) is 1.42. The summed E-state index contributed by atoms with van der Waals surface area (Å²) in [5, 5.41) is 0. The maximum Gasteiger partial charge on any atom is -0.0319 e. The fourth-order valence-electron chi connectivity index (χ4n) is 2.03. The van der Waals surface area contributed by atoms with E-state index in [2.05, 4.69) is 26.5 Å². The molecule has 1 aliphatic carbocycles. The predicted molar refractivity (Wildman–Crippen MR) is 45.9 cm³/mol. The van der Waals surface area contributed by atoms with E-state index in [0.29, 0.717) is 0 Å². The summed E-state index contributed by atoms with van der Waals surface area (Å²) in [5.41, 5.74) is 0. The van der Waals surface area contributed by atoms with Crippen molar-refractivity contribution in [1.29, 1.82) is 0 Å². The van der Waals surface area contributed by atoms with E-state index in [1.165, 1.54) is 19.3 Å². The molecule has 0 nitrogen and oxygen atoms in total. The van der Waals surface area contributed by atoms with Crippen LogP contribution in [-0.2, 0) is 0 Å². The fourth-order valence-corrected chi connectivity index (χ4v) is 2.03. The van der Waals surface area contributed by atoms with Gasteiger partial charge in [0.1, 0.15) is 0 Å². The topological polar surface area (TPSA) is 0 Å². The van der Waals surface area contributed by atoms with Crippen LogP contribution < -0.4 is 0 Å². The van der Waals surface area contributed by atoms with Crippen LogP contribution in [0.5, 0.6) is 0 Å². The number of hydrogen-bond donors (Lipinski definition) is 0. The highest BCUT2D eigenvalue weighted by Crippen LogP contribution is 2.50. The Morgan fingerprint density at radius 3 is 2.60 bits per heavy atom. The van der Waals surface area contributed by atoms with E-state index in [0.717, 1.165) is 17.8 Å². The maximum atomic E-state index is 3.77. The summed E-state index contributed by atoms with van der Waals surface area (Å²) in [6.45, 7) is 8.41. The molecule has 0 aromatic heterocycles. The van der Waals surface area contributed by atoms with Gasteiger partial charge in [0.25, 0.3) is 0 Å². The molecule has 0 amide bonds. The second-order valence-electron chi connectivity index (χ2n) is 3.50. The standard InChI is InChI=1S/C10H18/c1-4-6-9-8(3)10(9)7-5-2/h4,8-10H,1,5-7H2,2-3H3. The first-order valence-corrected chi connectivity index (χ1v) is 4.42. The van der Waals surface area contributed by atoms with Gasteiger partial charge in [-0.15, -0.1) is 6.58 Å². The second kappa shape index (κ2) is 3.23. The van der Waals surface area contributed by atoms with Crippen LogP contribution in [0, 0.1) is 17.8 Å². The Labute approximate surface area is 64.3 Å². The van der Waals surface area contributed by atoms with Gasteiger partial charge >= 0.3 is 0 Å². The average molecular weight is 138 g/mol. The van der Waals surface area contributed by atoms with E-state index in [-0.39, 0.29) is 0 Å². The lowest BCUT2D eigenvalue weighted by molar-refractivity contribution is 0.630.